The number of fused-ring (bicyclic) bond motifs is 1. The van der Waals surface area contributed by atoms with Gasteiger partial charge in [0.05, 0.1) is 0 Å². The summed E-state index contributed by atoms with van der Waals surface area (Å²) in [4.78, 5) is 30.0. The maximum atomic E-state index is 13.2. The SMILES string of the molecule is O=C(Nc1ccc2c(c1)OCO2)N1CCCC12CCCN(C1CC1)C2=O. The molecule has 1 aromatic carbocycles. The van der Waals surface area contributed by atoms with E-state index in [2.05, 4.69) is 5.32 Å². The second-order valence-electron chi connectivity index (χ2n) is 7.62. The van der Waals surface area contributed by atoms with Crippen LogP contribution in [0.1, 0.15) is 38.5 Å². The fraction of sp³-hybridized carbons (Fsp3) is 0.579. The molecule has 7 heteroatoms. The van der Waals surface area contributed by atoms with Gasteiger partial charge in [0, 0.05) is 30.9 Å². The van der Waals surface area contributed by atoms with Gasteiger partial charge in [0.1, 0.15) is 5.54 Å². The third kappa shape index (κ3) is 2.40. The van der Waals surface area contributed by atoms with E-state index in [-0.39, 0.29) is 18.7 Å². The normalized spacial score (nSPS) is 27.3. The molecule has 3 aliphatic heterocycles. The quantitative estimate of drug-likeness (QED) is 0.883. The van der Waals surface area contributed by atoms with Gasteiger partial charge >= 0.3 is 6.03 Å². The molecule has 1 unspecified atom stereocenters. The van der Waals surface area contributed by atoms with Gasteiger partial charge in [0.15, 0.2) is 11.5 Å². The molecule has 1 spiro atoms. The lowest BCUT2D eigenvalue weighted by Gasteiger charge is -2.44. The van der Waals surface area contributed by atoms with Crippen molar-refractivity contribution in [3.63, 3.8) is 0 Å². The van der Waals surface area contributed by atoms with Crippen LogP contribution in [0.25, 0.3) is 0 Å². The molecule has 0 bridgehead atoms. The van der Waals surface area contributed by atoms with Crippen molar-refractivity contribution in [2.75, 3.05) is 25.2 Å². The summed E-state index contributed by atoms with van der Waals surface area (Å²) in [6.45, 7) is 1.66. The molecule has 0 aromatic heterocycles. The predicted octanol–water partition coefficient (Wildman–Crippen LogP) is 2.57. The summed E-state index contributed by atoms with van der Waals surface area (Å²) < 4.78 is 10.7. The first-order valence-corrected chi connectivity index (χ1v) is 9.47. The van der Waals surface area contributed by atoms with Crippen LogP contribution in [0.4, 0.5) is 10.5 Å². The zero-order chi connectivity index (χ0) is 17.7. The molecular weight excluding hydrogens is 334 g/mol. The van der Waals surface area contributed by atoms with Crippen LogP contribution in [0.5, 0.6) is 11.5 Å². The zero-order valence-corrected chi connectivity index (χ0v) is 14.7. The lowest BCUT2D eigenvalue weighted by Crippen LogP contribution is -2.62. The van der Waals surface area contributed by atoms with Crippen LogP contribution in [-0.2, 0) is 4.79 Å². The minimum absolute atomic E-state index is 0.157. The maximum absolute atomic E-state index is 13.2. The number of nitrogens with zero attached hydrogens (tertiary/aromatic N) is 2. The minimum atomic E-state index is -0.652. The number of rotatable bonds is 2. The van der Waals surface area contributed by atoms with Gasteiger partial charge in [-0.2, -0.15) is 0 Å². The second kappa shape index (κ2) is 5.79. The summed E-state index contributed by atoms with van der Waals surface area (Å²) in [5.41, 5.74) is 0.00459. The van der Waals surface area contributed by atoms with Crippen molar-refractivity contribution in [3.8, 4) is 11.5 Å². The number of urea groups is 1. The molecule has 3 heterocycles. The average Bonchev–Trinajstić information content (AvgIpc) is 3.22. The molecule has 3 amide bonds. The van der Waals surface area contributed by atoms with Gasteiger partial charge in [0.2, 0.25) is 12.7 Å². The molecular formula is C19H23N3O4. The number of likely N-dealkylation sites (tertiary alicyclic amines) is 2. The highest BCUT2D eigenvalue weighted by molar-refractivity contribution is 5.97. The fourth-order valence-electron chi connectivity index (χ4n) is 4.57. The van der Waals surface area contributed by atoms with Gasteiger partial charge in [0.25, 0.3) is 0 Å². The number of carbonyl (C=O) groups is 2. The van der Waals surface area contributed by atoms with E-state index in [0.29, 0.717) is 29.8 Å². The number of benzene rings is 1. The van der Waals surface area contributed by atoms with Gasteiger partial charge in [-0.1, -0.05) is 0 Å². The molecule has 1 aromatic rings. The topological polar surface area (TPSA) is 71.1 Å². The number of piperidine rings is 1. The monoisotopic (exact) mass is 357 g/mol. The van der Waals surface area contributed by atoms with Crippen LogP contribution in [-0.4, -0.2) is 53.2 Å². The van der Waals surface area contributed by atoms with E-state index in [4.69, 9.17) is 9.47 Å². The number of anilines is 1. The Hall–Kier alpha value is -2.44. The van der Waals surface area contributed by atoms with Crippen molar-refractivity contribution in [3.05, 3.63) is 18.2 Å². The Balaban J connectivity index is 1.36. The number of hydrogen-bond donors (Lipinski definition) is 1. The molecule has 1 aliphatic carbocycles. The third-order valence-electron chi connectivity index (χ3n) is 5.99. The van der Waals surface area contributed by atoms with Crippen molar-refractivity contribution < 1.29 is 19.1 Å². The molecule has 2 saturated heterocycles. The molecule has 7 nitrogen and oxygen atoms in total. The highest BCUT2D eigenvalue weighted by Crippen LogP contribution is 2.42. The predicted molar refractivity (Wildman–Crippen MR) is 94.2 cm³/mol. The molecule has 1 N–H and O–H groups in total. The first-order valence-electron chi connectivity index (χ1n) is 9.47. The zero-order valence-electron chi connectivity index (χ0n) is 14.7. The Kier molecular flexibility index (Phi) is 3.52. The summed E-state index contributed by atoms with van der Waals surface area (Å²) in [5.74, 6) is 1.47. The molecule has 1 atom stereocenters. The summed E-state index contributed by atoms with van der Waals surface area (Å²) >= 11 is 0. The lowest BCUT2D eigenvalue weighted by molar-refractivity contribution is -0.146. The lowest BCUT2D eigenvalue weighted by atomic mass is 9.85. The first-order chi connectivity index (χ1) is 12.7. The van der Waals surface area contributed by atoms with E-state index in [1.54, 1.807) is 23.1 Å². The molecule has 4 aliphatic rings. The number of amides is 3. The van der Waals surface area contributed by atoms with Crippen LogP contribution < -0.4 is 14.8 Å². The van der Waals surface area contributed by atoms with Crippen molar-refractivity contribution in [2.45, 2.75) is 50.1 Å². The summed E-state index contributed by atoms with van der Waals surface area (Å²) in [6, 6.07) is 5.56. The molecule has 5 rings (SSSR count). The summed E-state index contributed by atoms with van der Waals surface area (Å²) in [7, 11) is 0. The van der Waals surface area contributed by atoms with E-state index in [9.17, 15) is 9.59 Å². The highest BCUT2D eigenvalue weighted by Gasteiger charge is 2.54. The third-order valence-corrected chi connectivity index (χ3v) is 5.99. The second-order valence-corrected chi connectivity index (χ2v) is 7.62. The van der Waals surface area contributed by atoms with Gasteiger partial charge < -0.3 is 24.6 Å². The smallest absolute Gasteiger partial charge is 0.322 e. The first kappa shape index (κ1) is 15.8. The van der Waals surface area contributed by atoms with Crippen LogP contribution in [0.2, 0.25) is 0 Å². The maximum Gasteiger partial charge on any atom is 0.322 e. The van der Waals surface area contributed by atoms with E-state index in [0.717, 1.165) is 45.1 Å². The van der Waals surface area contributed by atoms with Gasteiger partial charge in [-0.05, 0) is 50.7 Å². The van der Waals surface area contributed by atoms with E-state index in [1.165, 1.54) is 0 Å². The largest absolute Gasteiger partial charge is 0.454 e. The van der Waals surface area contributed by atoms with Gasteiger partial charge in [-0.3, -0.25) is 4.79 Å². The average molecular weight is 357 g/mol. The minimum Gasteiger partial charge on any atom is -0.454 e. The summed E-state index contributed by atoms with van der Waals surface area (Å²) in [5, 5.41) is 2.95. The Morgan fingerprint density at radius 3 is 2.69 bits per heavy atom. The van der Waals surface area contributed by atoms with Crippen molar-refractivity contribution >= 4 is 17.6 Å². The highest BCUT2D eigenvalue weighted by atomic mass is 16.7. The fourth-order valence-corrected chi connectivity index (χ4v) is 4.57. The van der Waals surface area contributed by atoms with E-state index >= 15 is 0 Å². The standard InChI is InChI=1S/C19H23N3O4/c23-17-19(7-1-9-21(17)14-4-5-14)8-2-10-22(19)18(24)20-13-3-6-15-16(11-13)26-12-25-15/h3,6,11,14H,1-2,4-5,7-10,12H2,(H,20,24). The van der Waals surface area contributed by atoms with Gasteiger partial charge in [-0.15, -0.1) is 0 Å². The van der Waals surface area contributed by atoms with Crippen LogP contribution in [0, 0.1) is 0 Å². The van der Waals surface area contributed by atoms with Crippen LogP contribution >= 0.6 is 0 Å². The van der Waals surface area contributed by atoms with Crippen molar-refractivity contribution in [2.24, 2.45) is 0 Å². The number of hydrogen-bond acceptors (Lipinski definition) is 4. The van der Waals surface area contributed by atoms with Gasteiger partial charge in [-0.25, -0.2) is 4.79 Å². The number of nitrogens with one attached hydrogen (secondary N) is 1. The molecule has 26 heavy (non-hydrogen) atoms. The Bertz CT molecular complexity index is 763. The number of carbonyl (C=O) groups excluding carboxylic acids is 2. The van der Waals surface area contributed by atoms with Crippen molar-refractivity contribution in [1.82, 2.24) is 9.80 Å². The van der Waals surface area contributed by atoms with E-state index < -0.39 is 5.54 Å². The molecule has 138 valence electrons. The summed E-state index contributed by atoms with van der Waals surface area (Å²) in [6.07, 6.45) is 5.58. The molecule has 1 saturated carbocycles. The van der Waals surface area contributed by atoms with E-state index in [1.807, 2.05) is 4.90 Å². The van der Waals surface area contributed by atoms with Crippen LogP contribution in [0.15, 0.2) is 18.2 Å². The molecule has 0 radical (unpaired) electrons. The Morgan fingerprint density at radius 2 is 1.88 bits per heavy atom. The van der Waals surface area contributed by atoms with Crippen molar-refractivity contribution in [1.29, 1.82) is 0 Å². The Morgan fingerprint density at radius 1 is 1.12 bits per heavy atom. The number of ether oxygens (including phenoxy) is 2. The molecule has 3 fully saturated rings. The van der Waals surface area contributed by atoms with Crippen LogP contribution in [0.3, 0.4) is 0 Å². The Labute approximate surface area is 152 Å².